The standard InChI is InChI=1S/C12H14F3NO4S/c13-12(14,15)7-8-16-21(19,20)10-4-1-9(2-5-10)3-6-11(17)18/h1-2,4-5,16H,3,6-8H2,(H,17,18). The van der Waals surface area contributed by atoms with Gasteiger partial charge in [-0.3, -0.25) is 4.79 Å². The highest BCUT2D eigenvalue weighted by Crippen LogP contribution is 2.19. The van der Waals surface area contributed by atoms with Crippen molar-refractivity contribution in [3.05, 3.63) is 29.8 Å². The summed E-state index contributed by atoms with van der Waals surface area (Å²) >= 11 is 0. The first kappa shape index (κ1) is 17.4. The number of aliphatic carboxylic acids is 1. The van der Waals surface area contributed by atoms with Crippen molar-refractivity contribution in [1.82, 2.24) is 4.72 Å². The third-order valence-corrected chi connectivity index (χ3v) is 4.04. The van der Waals surface area contributed by atoms with Crippen molar-refractivity contribution in [1.29, 1.82) is 0 Å². The van der Waals surface area contributed by atoms with Crippen molar-refractivity contribution >= 4 is 16.0 Å². The number of hydrogen-bond acceptors (Lipinski definition) is 3. The number of nitrogens with one attached hydrogen (secondary N) is 1. The van der Waals surface area contributed by atoms with Gasteiger partial charge >= 0.3 is 12.1 Å². The zero-order chi connectivity index (χ0) is 16.1. The Morgan fingerprint density at radius 1 is 1.19 bits per heavy atom. The van der Waals surface area contributed by atoms with Gasteiger partial charge in [0.05, 0.1) is 11.3 Å². The lowest BCUT2D eigenvalue weighted by Crippen LogP contribution is -2.28. The summed E-state index contributed by atoms with van der Waals surface area (Å²) in [6, 6.07) is 5.32. The predicted molar refractivity (Wildman–Crippen MR) is 68.3 cm³/mol. The maximum absolute atomic E-state index is 12.0. The molecule has 0 fully saturated rings. The Morgan fingerprint density at radius 3 is 2.24 bits per heavy atom. The van der Waals surface area contributed by atoms with E-state index in [1.54, 1.807) is 0 Å². The van der Waals surface area contributed by atoms with E-state index in [2.05, 4.69) is 0 Å². The molecule has 21 heavy (non-hydrogen) atoms. The van der Waals surface area contributed by atoms with Crippen LogP contribution in [0.5, 0.6) is 0 Å². The zero-order valence-corrected chi connectivity index (χ0v) is 11.7. The normalized spacial score (nSPS) is 12.3. The molecule has 9 heteroatoms. The predicted octanol–water partition coefficient (Wildman–Crippen LogP) is 1.93. The van der Waals surface area contributed by atoms with Crippen molar-refractivity contribution in [2.75, 3.05) is 6.54 Å². The van der Waals surface area contributed by atoms with Crippen LogP contribution in [-0.2, 0) is 21.2 Å². The van der Waals surface area contributed by atoms with Crippen LogP contribution in [-0.4, -0.2) is 32.2 Å². The van der Waals surface area contributed by atoms with Crippen LogP contribution in [0.25, 0.3) is 0 Å². The minimum Gasteiger partial charge on any atom is -0.481 e. The highest BCUT2D eigenvalue weighted by atomic mass is 32.2. The van der Waals surface area contributed by atoms with Crippen molar-refractivity contribution in [3.63, 3.8) is 0 Å². The van der Waals surface area contributed by atoms with Gasteiger partial charge in [0.2, 0.25) is 10.0 Å². The summed E-state index contributed by atoms with van der Waals surface area (Å²) in [5, 5.41) is 8.52. The number of aryl methyl sites for hydroxylation is 1. The Hall–Kier alpha value is -1.61. The number of carbonyl (C=O) groups is 1. The maximum Gasteiger partial charge on any atom is 0.390 e. The van der Waals surface area contributed by atoms with E-state index in [-0.39, 0.29) is 17.7 Å². The molecule has 118 valence electrons. The number of benzene rings is 1. The lowest BCUT2D eigenvalue weighted by molar-refractivity contribution is -0.137. The Bertz CT molecular complexity index is 582. The molecule has 0 aromatic heterocycles. The van der Waals surface area contributed by atoms with Crippen LogP contribution in [0.4, 0.5) is 13.2 Å². The lowest BCUT2D eigenvalue weighted by atomic mass is 10.1. The highest BCUT2D eigenvalue weighted by Gasteiger charge is 2.27. The molecule has 1 aromatic carbocycles. The first-order valence-electron chi connectivity index (χ1n) is 5.97. The molecule has 0 aliphatic rings. The molecule has 0 bridgehead atoms. The number of sulfonamides is 1. The molecule has 2 N–H and O–H groups in total. The third kappa shape index (κ3) is 6.58. The second kappa shape index (κ2) is 6.90. The van der Waals surface area contributed by atoms with Gasteiger partial charge in [0.1, 0.15) is 0 Å². The molecule has 1 aromatic rings. The van der Waals surface area contributed by atoms with E-state index in [1.165, 1.54) is 24.3 Å². The highest BCUT2D eigenvalue weighted by molar-refractivity contribution is 7.89. The maximum atomic E-state index is 12.0. The molecule has 0 aliphatic heterocycles. The van der Waals surface area contributed by atoms with Crippen LogP contribution in [0.15, 0.2) is 29.2 Å². The number of rotatable bonds is 7. The fourth-order valence-corrected chi connectivity index (χ4v) is 2.53. The first-order chi connectivity index (χ1) is 9.60. The smallest absolute Gasteiger partial charge is 0.390 e. The van der Waals surface area contributed by atoms with Gasteiger partial charge in [-0.1, -0.05) is 12.1 Å². The number of hydrogen-bond donors (Lipinski definition) is 2. The summed E-state index contributed by atoms with van der Waals surface area (Å²) in [6.07, 6.45) is -5.51. The van der Waals surface area contributed by atoms with Crippen LogP contribution in [0, 0.1) is 0 Å². The molecule has 0 amide bonds. The van der Waals surface area contributed by atoms with Gasteiger partial charge < -0.3 is 5.11 Å². The first-order valence-corrected chi connectivity index (χ1v) is 7.46. The van der Waals surface area contributed by atoms with Crippen molar-refractivity contribution in [3.8, 4) is 0 Å². The van der Waals surface area contributed by atoms with E-state index in [4.69, 9.17) is 5.11 Å². The number of alkyl halides is 3. The molecular weight excluding hydrogens is 311 g/mol. The van der Waals surface area contributed by atoms with Crippen LogP contribution in [0.1, 0.15) is 18.4 Å². The van der Waals surface area contributed by atoms with Crippen LogP contribution >= 0.6 is 0 Å². The zero-order valence-electron chi connectivity index (χ0n) is 10.9. The molecular formula is C12H14F3NO4S. The van der Waals surface area contributed by atoms with Gasteiger partial charge in [-0.2, -0.15) is 13.2 Å². The van der Waals surface area contributed by atoms with Crippen molar-refractivity contribution < 1.29 is 31.5 Å². The SMILES string of the molecule is O=C(O)CCc1ccc(S(=O)(=O)NCCC(F)(F)F)cc1. The summed E-state index contributed by atoms with van der Waals surface area (Å²) in [6.45, 7) is -0.730. The Balaban J connectivity index is 2.65. The minimum absolute atomic E-state index is 0.0874. The number of halogens is 3. The average Bonchev–Trinajstić information content (AvgIpc) is 2.35. The Labute approximate surface area is 119 Å². The summed E-state index contributed by atoms with van der Waals surface area (Å²) in [7, 11) is -4.00. The Morgan fingerprint density at radius 2 is 1.76 bits per heavy atom. The van der Waals surface area contributed by atoms with Gasteiger partial charge in [-0.15, -0.1) is 0 Å². The van der Waals surface area contributed by atoms with Crippen LogP contribution in [0.2, 0.25) is 0 Å². The third-order valence-electron chi connectivity index (χ3n) is 2.56. The summed E-state index contributed by atoms with van der Waals surface area (Å²) in [5.41, 5.74) is 0.631. The van der Waals surface area contributed by atoms with Gasteiger partial charge in [0.15, 0.2) is 0 Å². The van der Waals surface area contributed by atoms with E-state index in [9.17, 15) is 26.4 Å². The molecule has 0 spiro atoms. The molecule has 0 saturated heterocycles. The molecule has 0 heterocycles. The number of carboxylic acids is 1. The van der Waals surface area contributed by atoms with Crippen LogP contribution < -0.4 is 4.72 Å². The largest absolute Gasteiger partial charge is 0.481 e. The minimum atomic E-state index is -4.43. The monoisotopic (exact) mass is 325 g/mol. The summed E-state index contributed by atoms with van der Waals surface area (Å²) in [4.78, 5) is 10.2. The van der Waals surface area contributed by atoms with Gasteiger partial charge in [-0.25, -0.2) is 13.1 Å². The average molecular weight is 325 g/mol. The summed E-state index contributed by atoms with van der Waals surface area (Å²) < 4.78 is 61.2. The molecule has 0 aliphatic carbocycles. The van der Waals surface area contributed by atoms with Gasteiger partial charge in [0, 0.05) is 13.0 Å². The second-order valence-electron chi connectivity index (χ2n) is 4.30. The lowest BCUT2D eigenvalue weighted by Gasteiger charge is -2.09. The molecule has 0 atom stereocenters. The molecule has 0 saturated carbocycles. The second-order valence-corrected chi connectivity index (χ2v) is 6.07. The van der Waals surface area contributed by atoms with E-state index >= 15 is 0 Å². The molecule has 0 radical (unpaired) electrons. The molecule has 1 rings (SSSR count). The van der Waals surface area contributed by atoms with Crippen LogP contribution in [0.3, 0.4) is 0 Å². The van der Waals surface area contributed by atoms with E-state index in [0.717, 1.165) is 0 Å². The fourth-order valence-electron chi connectivity index (χ4n) is 1.50. The summed E-state index contributed by atoms with van der Waals surface area (Å²) in [5.74, 6) is -0.972. The molecule has 0 unspecified atom stereocenters. The molecule has 5 nitrogen and oxygen atoms in total. The quantitative estimate of drug-likeness (QED) is 0.802. The van der Waals surface area contributed by atoms with Crippen molar-refractivity contribution in [2.45, 2.75) is 30.3 Å². The van der Waals surface area contributed by atoms with E-state index < -0.39 is 35.1 Å². The van der Waals surface area contributed by atoms with E-state index in [0.29, 0.717) is 5.56 Å². The Kier molecular flexibility index (Phi) is 5.73. The van der Waals surface area contributed by atoms with Gasteiger partial charge in [-0.05, 0) is 24.1 Å². The van der Waals surface area contributed by atoms with Gasteiger partial charge in [0.25, 0.3) is 0 Å². The topological polar surface area (TPSA) is 83.5 Å². The van der Waals surface area contributed by atoms with E-state index in [1.807, 2.05) is 4.72 Å². The number of carboxylic acid groups (broad SMARTS) is 1. The fraction of sp³-hybridized carbons (Fsp3) is 0.417. The van der Waals surface area contributed by atoms with Crippen molar-refractivity contribution in [2.24, 2.45) is 0 Å².